The van der Waals surface area contributed by atoms with Crippen molar-refractivity contribution < 1.29 is 30.4 Å². The summed E-state index contributed by atoms with van der Waals surface area (Å²) < 4.78 is 96.6. The predicted molar refractivity (Wildman–Crippen MR) is 125 cm³/mol. The number of halogens is 6. The van der Waals surface area contributed by atoms with Crippen LogP contribution in [0.1, 0.15) is 11.3 Å². The second-order valence-electron chi connectivity index (χ2n) is 7.84. The van der Waals surface area contributed by atoms with Gasteiger partial charge in [-0.25, -0.2) is 13.6 Å². The smallest absolute Gasteiger partial charge is 0.257 e. The van der Waals surface area contributed by atoms with Crippen LogP contribution in [0.4, 0.5) is 22.0 Å². The first-order valence-corrected chi connectivity index (χ1v) is 12.2. The zero-order valence-electron chi connectivity index (χ0n) is 18.2. The van der Waals surface area contributed by atoms with Gasteiger partial charge in [0.15, 0.2) is 0 Å². The molecule has 1 heterocycles. The molecule has 0 amide bonds. The minimum absolute atomic E-state index is 0.0724. The molecule has 0 aliphatic heterocycles. The number of hydrogen-bond donors (Lipinski definition) is 1. The molecule has 3 aromatic carbocycles. The lowest BCUT2D eigenvalue weighted by molar-refractivity contribution is -0.291. The first kappa shape index (κ1) is 25.8. The number of rotatable bonds is 6. The van der Waals surface area contributed by atoms with Gasteiger partial charge in [-0.05, 0) is 29.3 Å². The van der Waals surface area contributed by atoms with E-state index in [0.29, 0.717) is 10.2 Å². The van der Waals surface area contributed by atoms with Crippen molar-refractivity contribution in [2.75, 3.05) is 0 Å². The van der Waals surface area contributed by atoms with Gasteiger partial charge in [0.25, 0.3) is 0 Å². The SMILES string of the molecule is NS(=O)(=O)c1ccccc1-c1nn(Cc2ccccc2)c(C(F)(F)C(F)(F)F)c1-c1ccc(Cl)cc1. The first-order valence-electron chi connectivity index (χ1n) is 10.3. The van der Waals surface area contributed by atoms with E-state index in [1.807, 2.05) is 0 Å². The zero-order chi connectivity index (χ0) is 26.3. The fourth-order valence-corrected chi connectivity index (χ4v) is 4.64. The van der Waals surface area contributed by atoms with Gasteiger partial charge in [0.2, 0.25) is 10.0 Å². The molecule has 4 rings (SSSR count). The predicted octanol–water partition coefficient (Wildman–Crippen LogP) is 6.22. The number of nitrogens with zero attached hydrogens (tertiary/aromatic N) is 2. The molecule has 4 aromatic rings. The van der Waals surface area contributed by atoms with Gasteiger partial charge >= 0.3 is 12.1 Å². The third-order valence-electron chi connectivity index (χ3n) is 5.36. The lowest BCUT2D eigenvalue weighted by Gasteiger charge is -2.22. The Kier molecular flexibility index (Phi) is 6.67. The molecule has 5 nitrogen and oxygen atoms in total. The van der Waals surface area contributed by atoms with Crippen LogP contribution >= 0.6 is 11.6 Å². The monoisotopic (exact) mass is 541 g/mol. The van der Waals surface area contributed by atoms with Crippen LogP contribution < -0.4 is 5.14 Å². The van der Waals surface area contributed by atoms with Crippen molar-refractivity contribution >= 4 is 21.6 Å². The average molecular weight is 542 g/mol. The summed E-state index contributed by atoms with van der Waals surface area (Å²) in [5.74, 6) is -5.35. The van der Waals surface area contributed by atoms with Gasteiger partial charge in [-0.3, -0.25) is 4.68 Å². The second kappa shape index (κ2) is 9.30. The number of alkyl halides is 5. The summed E-state index contributed by atoms with van der Waals surface area (Å²) in [6.07, 6.45) is -5.97. The summed E-state index contributed by atoms with van der Waals surface area (Å²) in [6.45, 7) is -0.444. The number of sulfonamides is 1. The van der Waals surface area contributed by atoms with Gasteiger partial charge in [-0.1, -0.05) is 72.3 Å². The second-order valence-corrected chi connectivity index (χ2v) is 9.80. The Morgan fingerprint density at radius 1 is 0.861 bits per heavy atom. The van der Waals surface area contributed by atoms with E-state index >= 15 is 8.78 Å². The van der Waals surface area contributed by atoms with E-state index in [1.54, 1.807) is 18.2 Å². The van der Waals surface area contributed by atoms with E-state index in [4.69, 9.17) is 16.7 Å². The molecular weight excluding hydrogens is 525 g/mol. The number of nitrogens with two attached hydrogens (primary N) is 1. The van der Waals surface area contributed by atoms with E-state index in [-0.39, 0.29) is 16.1 Å². The lowest BCUT2D eigenvalue weighted by Crippen LogP contribution is -2.36. The zero-order valence-corrected chi connectivity index (χ0v) is 19.7. The normalized spacial score (nSPS) is 12.6. The molecule has 188 valence electrons. The molecule has 0 unspecified atom stereocenters. The molecule has 0 bridgehead atoms. The number of primary sulfonamides is 1. The highest BCUT2D eigenvalue weighted by atomic mass is 35.5. The topological polar surface area (TPSA) is 78.0 Å². The van der Waals surface area contributed by atoms with Crippen molar-refractivity contribution in [3.8, 4) is 22.4 Å². The van der Waals surface area contributed by atoms with Crippen molar-refractivity contribution in [2.45, 2.75) is 23.5 Å². The van der Waals surface area contributed by atoms with E-state index in [2.05, 4.69) is 5.10 Å². The Hall–Kier alpha value is -3.28. The molecule has 0 atom stereocenters. The summed E-state index contributed by atoms with van der Waals surface area (Å²) in [4.78, 5) is -0.480. The number of benzene rings is 3. The van der Waals surface area contributed by atoms with Crippen LogP contribution in [-0.4, -0.2) is 24.4 Å². The Morgan fingerprint density at radius 3 is 2.03 bits per heavy atom. The highest BCUT2D eigenvalue weighted by molar-refractivity contribution is 7.89. The van der Waals surface area contributed by atoms with Crippen molar-refractivity contribution in [3.05, 3.63) is 95.1 Å². The maximum Gasteiger partial charge on any atom is 0.459 e. The fraction of sp³-hybridized carbons (Fsp3) is 0.125. The maximum absolute atomic E-state index is 15.2. The van der Waals surface area contributed by atoms with E-state index < -0.39 is 50.5 Å². The van der Waals surface area contributed by atoms with E-state index in [1.165, 1.54) is 54.6 Å². The molecule has 12 heteroatoms. The molecular formula is C24H17ClF5N3O2S. The van der Waals surface area contributed by atoms with Gasteiger partial charge in [-0.2, -0.15) is 27.1 Å². The third kappa shape index (κ3) is 4.86. The molecule has 2 N–H and O–H groups in total. The van der Waals surface area contributed by atoms with Crippen LogP contribution in [0, 0.1) is 0 Å². The average Bonchev–Trinajstić information content (AvgIpc) is 3.18. The largest absolute Gasteiger partial charge is 0.459 e. The summed E-state index contributed by atoms with van der Waals surface area (Å²) in [7, 11) is -4.39. The van der Waals surface area contributed by atoms with Crippen LogP contribution in [0.15, 0.2) is 83.8 Å². The van der Waals surface area contributed by atoms with Crippen LogP contribution in [0.25, 0.3) is 22.4 Å². The molecule has 0 radical (unpaired) electrons. The molecule has 36 heavy (non-hydrogen) atoms. The van der Waals surface area contributed by atoms with E-state index in [0.717, 1.165) is 6.07 Å². The maximum atomic E-state index is 15.2. The minimum Gasteiger partial charge on any atom is -0.257 e. The molecule has 0 spiro atoms. The Morgan fingerprint density at radius 2 is 1.44 bits per heavy atom. The van der Waals surface area contributed by atoms with Gasteiger partial charge in [0, 0.05) is 16.1 Å². The van der Waals surface area contributed by atoms with Crippen molar-refractivity contribution in [1.82, 2.24) is 9.78 Å². The van der Waals surface area contributed by atoms with Gasteiger partial charge < -0.3 is 0 Å². The Bertz CT molecular complexity index is 1500. The lowest BCUT2D eigenvalue weighted by atomic mass is 9.96. The number of aromatic nitrogens is 2. The van der Waals surface area contributed by atoms with E-state index in [9.17, 15) is 21.6 Å². The Balaban J connectivity index is 2.14. The Labute approximate surface area is 208 Å². The van der Waals surface area contributed by atoms with Gasteiger partial charge in [-0.15, -0.1) is 0 Å². The first-order chi connectivity index (χ1) is 16.8. The summed E-state index contributed by atoms with van der Waals surface area (Å²) in [5.41, 5.74) is -2.35. The molecule has 0 saturated heterocycles. The third-order valence-corrected chi connectivity index (χ3v) is 6.58. The highest BCUT2D eigenvalue weighted by Crippen LogP contribution is 2.50. The van der Waals surface area contributed by atoms with Crippen molar-refractivity contribution in [3.63, 3.8) is 0 Å². The summed E-state index contributed by atoms with van der Waals surface area (Å²) in [5, 5.41) is 9.65. The quantitative estimate of drug-likeness (QED) is 0.294. The fourth-order valence-electron chi connectivity index (χ4n) is 3.77. The number of hydrogen-bond acceptors (Lipinski definition) is 3. The molecule has 0 aliphatic carbocycles. The molecule has 0 saturated carbocycles. The van der Waals surface area contributed by atoms with Crippen molar-refractivity contribution in [1.29, 1.82) is 0 Å². The highest BCUT2D eigenvalue weighted by Gasteiger charge is 2.62. The van der Waals surface area contributed by atoms with Gasteiger partial charge in [0.1, 0.15) is 11.4 Å². The van der Waals surface area contributed by atoms with Crippen LogP contribution in [-0.2, 0) is 22.5 Å². The summed E-state index contributed by atoms with van der Waals surface area (Å²) in [6, 6.07) is 18.2. The standard InChI is InChI=1S/C24H17ClF5N3O2S/c25-17-12-10-16(11-13-17)20-21(18-8-4-5-9-19(18)36(31,34)35)32-33(14-15-6-2-1-3-7-15)22(20)23(26,27)24(28,29)30/h1-13H,14H2,(H2,31,34,35). The van der Waals surface area contributed by atoms with Crippen LogP contribution in [0.3, 0.4) is 0 Å². The van der Waals surface area contributed by atoms with Crippen LogP contribution in [0.5, 0.6) is 0 Å². The van der Waals surface area contributed by atoms with Gasteiger partial charge in [0.05, 0.1) is 11.4 Å². The van der Waals surface area contributed by atoms with Crippen molar-refractivity contribution in [2.24, 2.45) is 5.14 Å². The molecule has 1 aromatic heterocycles. The molecule has 0 aliphatic rings. The summed E-state index contributed by atoms with van der Waals surface area (Å²) >= 11 is 5.91. The minimum atomic E-state index is -5.97. The molecule has 0 fully saturated rings. The van der Waals surface area contributed by atoms with Crippen LogP contribution in [0.2, 0.25) is 5.02 Å².